The summed E-state index contributed by atoms with van der Waals surface area (Å²) in [4.78, 5) is 23.2. The maximum atomic E-state index is 12.2. The monoisotopic (exact) mass is 325 g/mol. The Morgan fingerprint density at radius 1 is 1.14 bits per heavy atom. The summed E-state index contributed by atoms with van der Waals surface area (Å²) in [5.74, 6) is -1.58. The van der Waals surface area contributed by atoms with Crippen LogP contribution in [0.25, 0.3) is 0 Å². The number of aliphatic carboxylic acids is 1. The van der Waals surface area contributed by atoms with E-state index in [-0.39, 0.29) is 22.6 Å². The second-order valence-electron chi connectivity index (χ2n) is 5.68. The molecule has 1 fully saturated rings. The highest BCUT2D eigenvalue weighted by molar-refractivity contribution is 7.90. The highest BCUT2D eigenvalue weighted by Gasteiger charge is 2.29. The minimum Gasteiger partial charge on any atom is -0.481 e. The van der Waals surface area contributed by atoms with Crippen molar-refractivity contribution in [3.8, 4) is 0 Å². The van der Waals surface area contributed by atoms with Crippen molar-refractivity contribution in [3.63, 3.8) is 0 Å². The third-order valence-electron chi connectivity index (χ3n) is 3.98. The zero-order chi connectivity index (χ0) is 16.3. The summed E-state index contributed by atoms with van der Waals surface area (Å²) in [6, 6.07) is 6.11. The van der Waals surface area contributed by atoms with Gasteiger partial charge in [0.15, 0.2) is 9.84 Å². The number of rotatable bonds is 4. The van der Waals surface area contributed by atoms with Gasteiger partial charge in [-0.3, -0.25) is 9.59 Å². The smallest absolute Gasteiger partial charge is 0.306 e. The lowest BCUT2D eigenvalue weighted by molar-refractivity contribution is -0.143. The fraction of sp³-hybridized carbons (Fsp3) is 0.467. The Bertz CT molecular complexity index is 675. The van der Waals surface area contributed by atoms with Crippen LogP contribution in [0.4, 0.5) is 5.69 Å². The SMILES string of the molecule is CS(=O)(=O)c1cccc(NC(=O)C2CCC(C(=O)O)CC2)c1. The molecule has 0 aliphatic heterocycles. The van der Waals surface area contributed by atoms with Crippen LogP contribution in [0.1, 0.15) is 25.7 Å². The van der Waals surface area contributed by atoms with Crippen molar-refractivity contribution in [2.75, 3.05) is 11.6 Å². The summed E-state index contributed by atoms with van der Waals surface area (Å²) in [6.45, 7) is 0. The van der Waals surface area contributed by atoms with Crippen LogP contribution < -0.4 is 5.32 Å². The molecule has 6 nitrogen and oxygen atoms in total. The van der Waals surface area contributed by atoms with E-state index in [1.54, 1.807) is 12.1 Å². The highest BCUT2D eigenvalue weighted by atomic mass is 32.2. The molecule has 2 N–H and O–H groups in total. The Balaban J connectivity index is 2.00. The van der Waals surface area contributed by atoms with Gasteiger partial charge in [-0.2, -0.15) is 0 Å². The largest absolute Gasteiger partial charge is 0.481 e. The van der Waals surface area contributed by atoms with Gasteiger partial charge >= 0.3 is 5.97 Å². The number of nitrogens with one attached hydrogen (secondary N) is 1. The first-order chi connectivity index (χ1) is 10.3. The Morgan fingerprint density at radius 3 is 2.27 bits per heavy atom. The fourth-order valence-electron chi connectivity index (χ4n) is 2.65. The van der Waals surface area contributed by atoms with Crippen LogP contribution in [0.3, 0.4) is 0 Å². The number of carbonyl (C=O) groups excluding carboxylic acids is 1. The molecule has 0 atom stereocenters. The predicted octanol–water partition coefficient (Wildman–Crippen LogP) is 1.92. The van der Waals surface area contributed by atoms with Crippen LogP contribution in [-0.2, 0) is 19.4 Å². The van der Waals surface area contributed by atoms with E-state index in [1.807, 2.05) is 0 Å². The highest BCUT2D eigenvalue weighted by Crippen LogP contribution is 2.30. The van der Waals surface area contributed by atoms with Crippen molar-refractivity contribution >= 4 is 27.4 Å². The van der Waals surface area contributed by atoms with Gasteiger partial charge in [0, 0.05) is 17.9 Å². The third-order valence-corrected chi connectivity index (χ3v) is 5.09. The van der Waals surface area contributed by atoms with E-state index in [9.17, 15) is 18.0 Å². The lowest BCUT2D eigenvalue weighted by atomic mass is 9.81. The van der Waals surface area contributed by atoms with Gasteiger partial charge in [-0.15, -0.1) is 0 Å². The number of carboxylic acids is 1. The van der Waals surface area contributed by atoms with E-state index in [2.05, 4.69) is 5.32 Å². The number of carbonyl (C=O) groups is 2. The second-order valence-corrected chi connectivity index (χ2v) is 7.69. The lowest BCUT2D eigenvalue weighted by Gasteiger charge is -2.25. The molecule has 0 bridgehead atoms. The standard InChI is InChI=1S/C15H19NO5S/c1-22(20,21)13-4-2-3-12(9-13)16-14(17)10-5-7-11(8-6-10)15(18)19/h2-4,9-11H,5-8H2,1H3,(H,16,17)(H,18,19). The molecule has 0 aromatic heterocycles. The van der Waals surface area contributed by atoms with Crippen molar-refractivity contribution in [3.05, 3.63) is 24.3 Å². The van der Waals surface area contributed by atoms with E-state index < -0.39 is 15.8 Å². The minimum absolute atomic E-state index is 0.153. The van der Waals surface area contributed by atoms with E-state index in [0.717, 1.165) is 6.26 Å². The minimum atomic E-state index is -3.32. The Morgan fingerprint density at radius 2 is 1.73 bits per heavy atom. The first-order valence-electron chi connectivity index (χ1n) is 7.11. The summed E-state index contributed by atoms with van der Waals surface area (Å²) in [5, 5.41) is 11.7. The second kappa shape index (κ2) is 6.48. The van der Waals surface area contributed by atoms with Crippen LogP contribution in [0, 0.1) is 11.8 Å². The lowest BCUT2D eigenvalue weighted by Crippen LogP contribution is -2.29. The number of benzene rings is 1. The van der Waals surface area contributed by atoms with Crippen LogP contribution in [0.5, 0.6) is 0 Å². The zero-order valence-corrected chi connectivity index (χ0v) is 13.1. The normalized spacial score (nSPS) is 22.0. The average molecular weight is 325 g/mol. The molecule has 0 radical (unpaired) electrons. The average Bonchev–Trinajstić information content (AvgIpc) is 2.46. The molecule has 1 aromatic carbocycles. The van der Waals surface area contributed by atoms with E-state index in [0.29, 0.717) is 31.4 Å². The van der Waals surface area contributed by atoms with Crippen molar-refractivity contribution in [2.24, 2.45) is 11.8 Å². The fourth-order valence-corrected chi connectivity index (χ4v) is 3.32. The predicted molar refractivity (Wildman–Crippen MR) is 81.3 cm³/mol. The number of amides is 1. The first kappa shape index (κ1) is 16.5. The molecule has 120 valence electrons. The van der Waals surface area contributed by atoms with Gasteiger partial charge < -0.3 is 10.4 Å². The quantitative estimate of drug-likeness (QED) is 0.881. The summed E-state index contributed by atoms with van der Waals surface area (Å²) < 4.78 is 23.0. The van der Waals surface area contributed by atoms with Gasteiger partial charge in [-0.1, -0.05) is 6.07 Å². The molecule has 1 aromatic rings. The maximum Gasteiger partial charge on any atom is 0.306 e. The van der Waals surface area contributed by atoms with Crippen molar-refractivity contribution in [2.45, 2.75) is 30.6 Å². The summed E-state index contributed by atoms with van der Waals surface area (Å²) in [7, 11) is -3.32. The third kappa shape index (κ3) is 4.07. The molecule has 22 heavy (non-hydrogen) atoms. The van der Waals surface area contributed by atoms with Gasteiger partial charge in [0.05, 0.1) is 10.8 Å². The molecule has 0 saturated heterocycles. The number of sulfone groups is 1. The molecule has 0 unspecified atom stereocenters. The number of hydrogen-bond acceptors (Lipinski definition) is 4. The van der Waals surface area contributed by atoms with Gasteiger partial charge in [0.2, 0.25) is 5.91 Å². The molecule has 2 rings (SSSR count). The molecule has 1 amide bonds. The summed E-state index contributed by atoms with van der Waals surface area (Å²) in [6.07, 6.45) is 3.18. The molecule has 7 heteroatoms. The topological polar surface area (TPSA) is 101 Å². The number of carboxylic acid groups (broad SMARTS) is 1. The van der Waals surface area contributed by atoms with Crippen molar-refractivity contribution < 1.29 is 23.1 Å². The van der Waals surface area contributed by atoms with E-state index in [1.165, 1.54) is 12.1 Å². The summed E-state index contributed by atoms with van der Waals surface area (Å²) >= 11 is 0. The molecule has 1 aliphatic carbocycles. The van der Waals surface area contributed by atoms with Crippen LogP contribution in [0.15, 0.2) is 29.2 Å². The Hall–Kier alpha value is -1.89. The van der Waals surface area contributed by atoms with Crippen molar-refractivity contribution in [1.29, 1.82) is 0 Å². The molecule has 1 aliphatic rings. The molecule has 1 saturated carbocycles. The zero-order valence-electron chi connectivity index (χ0n) is 12.3. The van der Waals surface area contributed by atoms with E-state index >= 15 is 0 Å². The van der Waals surface area contributed by atoms with Gasteiger partial charge in [-0.05, 0) is 43.9 Å². The van der Waals surface area contributed by atoms with Gasteiger partial charge in [0.1, 0.15) is 0 Å². The van der Waals surface area contributed by atoms with Crippen molar-refractivity contribution in [1.82, 2.24) is 0 Å². The number of hydrogen-bond donors (Lipinski definition) is 2. The molecular weight excluding hydrogens is 306 g/mol. The van der Waals surface area contributed by atoms with Crippen LogP contribution >= 0.6 is 0 Å². The van der Waals surface area contributed by atoms with Crippen LogP contribution in [-0.4, -0.2) is 31.7 Å². The Kier molecular flexibility index (Phi) is 4.85. The van der Waals surface area contributed by atoms with Gasteiger partial charge in [0.25, 0.3) is 0 Å². The molecule has 0 heterocycles. The van der Waals surface area contributed by atoms with Gasteiger partial charge in [-0.25, -0.2) is 8.42 Å². The Labute approximate surface area is 129 Å². The van der Waals surface area contributed by atoms with Crippen LogP contribution in [0.2, 0.25) is 0 Å². The summed E-state index contributed by atoms with van der Waals surface area (Å²) in [5.41, 5.74) is 0.438. The maximum absolute atomic E-state index is 12.2. The van der Waals surface area contributed by atoms with E-state index in [4.69, 9.17) is 5.11 Å². The molecular formula is C15H19NO5S. The first-order valence-corrected chi connectivity index (χ1v) is 9.00. The number of anilines is 1. The molecule has 0 spiro atoms.